The van der Waals surface area contributed by atoms with E-state index >= 15 is 0 Å². The summed E-state index contributed by atoms with van der Waals surface area (Å²) in [5, 5.41) is 6.47. The predicted molar refractivity (Wildman–Crippen MR) is 207 cm³/mol. The van der Waals surface area contributed by atoms with E-state index in [2.05, 4.69) is 71.7 Å². The summed E-state index contributed by atoms with van der Waals surface area (Å²) in [4.78, 5) is 19.8. The summed E-state index contributed by atoms with van der Waals surface area (Å²) in [5.74, 6) is 1.65. The van der Waals surface area contributed by atoms with Crippen molar-refractivity contribution in [3.05, 3.63) is 146 Å². The molecular formula is C44H24N4O2S. The summed E-state index contributed by atoms with van der Waals surface area (Å²) in [7, 11) is 0. The summed E-state index contributed by atoms with van der Waals surface area (Å²) in [6, 6.07) is 45.8. The molecular weight excluding hydrogens is 649 g/mol. The molecule has 6 nitrogen and oxygen atoms in total. The topological polar surface area (TPSA) is 77.8 Å². The first kappa shape index (κ1) is 28.2. The smallest absolute Gasteiger partial charge is 0.167 e. The van der Waals surface area contributed by atoms with Gasteiger partial charge >= 0.3 is 0 Å². The van der Waals surface area contributed by atoms with E-state index in [1.165, 1.54) is 20.2 Å². The van der Waals surface area contributed by atoms with Crippen molar-refractivity contribution in [2.75, 3.05) is 0 Å². The lowest BCUT2D eigenvalue weighted by Gasteiger charge is -2.11. The van der Waals surface area contributed by atoms with E-state index in [1.807, 2.05) is 66.7 Å². The zero-order chi connectivity index (χ0) is 33.5. The van der Waals surface area contributed by atoms with Crippen LogP contribution < -0.4 is 0 Å². The van der Waals surface area contributed by atoms with Gasteiger partial charge in [0.05, 0.1) is 11.8 Å². The number of para-hydroxylation sites is 2. The standard InChI is InChI=1S/C44H24N4O2S/c1-2-9-25(10-3-1)42-46-43(33-14-8-13-31-28-11-4-6-15-35(28)50-41(31)33)48-44(47-42)34-21-27(22-36-40(34)32-19-20-45-24-37(32)49-36)26-17-18-30-29-12-5-7-16-38(29)51-39(30)23-26/h1-24H. The van der Waals surface area contributed by atoms with Crippen molar-refractivity contribution in [2.24, 2.45) is 0 Å². The lowest BCUT2D eigenvalue weighted by Crippen LogP contribution is -2.01. The fourth-order valence-electron chi connectivity index (χ4n) is 7.26. The minimum Gasteiger partial charge on any atom is -0.455 e. The normalized spacial score (nSPS) is 11.9. The summed E-state index contributed by atoms with van der Waals surface area (Å²) >= 11 is 1.81. The molecule has 0 saturated carbocycles. The zero-order valence-electron chi connectivity index (χ0n) is 26.9. The van der Waals surface area contributed by atoms with Gasteiger partial charge in [-0.25, -0.2) is 15.0 Å². The van der Waals surface area contributed by atoms with Crippen LogP contribution in [0.1, 0.15) is 0 Å². The van der Waals surface area contributed by atoms with E-state index in [9.17, 15) is 0 Å². The molecule has 238 valence electrons. The molecule has 0 spiro atoms. The Morgan fingerprint density at radius 2 is 1.20 bits per heavy atom. The number of aromatic nitrogens is 4. The third-order valence-electron chi connectivity index (χ3n) is 9.64. The van der Waals surface area contributed by atoms with Crippen molar-refractivity contribution in [1.29, 1.82) is 0 Å². The van der Waals surface area contributed by atoms with E-state index in [4.69, 9.17) is 23.8 Å². The van der Waals surface area contributed by atoms with E-state index in [-0.39, 0.29) is 0 Å². The highest BCUT2D eigenvalue weighted by atomic mass is 32.1. The van der Waals surface area contributed by atoms with Gasteiger partial charge in [0.1, 0.15) is 16.7 Å². The van der Waals surface area contributed by atoms with E-state index in [1.54, 1.807) is 23.7 Å². The number of furan rings is 2. The van der Waals surface area contributed by atoms with Crippen LogP contribution in [0.25, 0.3) is 109 Å². The molecule has 11 rings (SSSR count). The summed E-state index contributed by atoms with van der Waals surface area (Å²) in [6.07, 6.45) is 3.55. The first-order valence-corrected chi connectivity index (χ1v) is 17.5. The molecule has 51 heavy (non-hydrogen) atoms. The van der Waals surface area contributed by atoms with Gasteiger partial charge in [0.15, 0.2) is 23.1 Å². The summed E-state index contributed by atoms with van der Waals surface area (Å²) < 4.78 is 15.5. The molecule has 0 aliphatic heterocycles. The van der Waals surface area contributed by atoms with Crippen molar-refractivity contribution in [3.63, 3.8) is 0 Å². The minimum absolute atomic E-state index is 0.531. The van der Waals surface area contributed by atoms with E-state index < -0.39 is 0 Å². The number of hydrogen-bond acceptors (Lipinski definition) is 7. The SMILES string of the molecule is c1ccc(-c2nc(-c3cccc4c3oc3ccccc34)nc(-c3cc(-c4ccc5c(c4)sc4ccccc45)cc4oc5cnccc5c34)n2)cc1. The molecule has 5 aromatic heterocycles. The van der Waals surface area contributed by atoms with Crippen molar-refractivity contribution in [1.82, 2.24) is 19.9 Å². The van der Waals surface area contributed by atoms with Gasteiger partial charge in [0, 0.05) is 59.0 Å². The number of rotatable bonds is 4. The molecule has 0 aliphatic carbocycles. The van der Waals surface area contributed by atoms with Crippen LogP contribution in [-0.2, 0) is 0 Å². The molecule has 0 radical (unpaired) electrons. The maximum absolute atomic E-state index is 6.49. The number of pyridine rings is 1. The molecule has 0 unspecified atom stereocenters. The minimum atomic E-state index is 0.531. The van der Waals surface area contributed by atoms with E-state index in [0.717, 1.165) is 66.1 Å². The van der Waals surface area contributed by atoms with Crippen LogP contribution in [0, 0.1) is 0 Å². The van der Waals surface area contributed by atoms with Gasteiger partial charge in [-0.05, 0) is 53.6 Å². The van der Waals surface area contributed by atoms with Crippen molar-refractivity contribution in [2.45, 2.75) is 0 Å². The van der Waals surface area contributed by atoms with Crippen LogP contribution in [0.3, 0.4) is 0 Å². The number of nitrogens with zero attached hydrogens (tertiary/aromatic N) is 4. The van der Waals surface area contributed by atoms with Crippen LogP contribution in [-0.4, -0.2) is 19.9 Å². The number of benzene rings is 6. The molecule has 5 heterocycles. The second-order valence-electron chi connectivity index (χ2n) is 12.6. The van der Waals surface area contributed by atoms with Crippen LogP contribution in [0.2, 0.25) is 0 Å². The monoisotopic (exact) mass is 672 g/mol. The van der Waals surface area contributed by atoms with Gasteiger partial charge in [-0.15, -0.1) is 11.3 Å². The third kappa shape index (κ3) is 4.42. The predicted octanol–water partition coefficient (Wildman–Crippen LogP) is 12.1. The quantitative estimate of drug-likeness (QED) is 0.185. The maximum Gasteiger partial charge on any atom is 0.167 e. The van der Waals surface area contributed by atoms with Crippen molar-refractivity contribution < 1.29 is 8.83 Å². The van der Waals surface area contributed by atoms with Crippen LogP contribution in [0.15, 0.2) is 155 Å². The molecule has 0 amide bonds. The molecule has 0 saturated heterocycles. The first-order valence-electron chi connectivity index (χ1n) is 16.7. The zero-order valence-corrected chi connectivity index (χ0v) is 27.7. The Hall–Kier alpha value is -6.70. The van der Waals surface area contributed by atoms with Crippen molar-refractivity contribution in [3.8, 4) is 45.3 Å². The van der Waals surface area contributed by atoms with Gasteiger partial charge in [0.2, 0.25) is 0 Å². The highest BCUT2D eigenvalue weighted by Crippen LogP contribution is 2.42. The van der Waals surface area contributed by atoms with Crippen LogP contribution >= 0.6 is 11.3 Å². The molecule has 7 heteroatoms. The highest BCUT2D eigenvalue weighted by molar-refractivity contribution is 7.25. The molecule has 6 aromatic carbocycles. The van der Waals surface area contributed by atoms with Crippen LogP contribution in [0.5, 0.6) is 0 Å². The van der Waals surface area contributed by atoms with E-state index in [0.29, 0.717) is 23.1 Å². The second kappa shape index (κ2) is 10.9. The molecule has 11 aromatic rings. The van der Waals surface area contributed by atoms with Crippen molar-refractivity contribution >= 4 is 75.4 Å². The van der Waals surface area contributed by atoms with Crippen LogP contribution in [0.4, 0.5) is 0 Å². The Morgan fingerprint density at radius 1 is 0.431 bits per heavy atom. The average Bonchev–Trinajstić information content (AvgIpc) is 3.88. The molecule has 0 aliphatic rings. The maximum atomic E-state index is 6.49. The Balaban J connectivity index is 1.19. The van der Waals surface area contributed by atoms with Gasteiger partial charge in [-0.3, -0.25) is 4.98 Å². The van der Waals surface area contributed by atoms with Gasteiger partial charge in [-0.2, -0.15) is 0 Å². The number of hydrogen-bond donors (Lipinski definition) is 0. The largest absolute Gasteiger partial charge is 0.455 e. The second-order valence-corrected chi connectivity index (χ2v) is 13.7. The Bertz CT molecular complexity index is 3160. The Morgan fingerprint density at radius 3 is 2.12 bits per heavy atom. The van der Waals surface area contributed by atoms with Gasteiger partial charge in [0.25, 0.3) is 0 Å². The number of fused-ring (bicyclic) bond motifs is 9. The highest BCUT2D eigenvalue weighted by Gasteiger charge is 2.22. The van der Waals surface area contributed by atoms with Gasteiger partial charge < -0.3 is 8.83 Å². The average molecular weight is 673 g/mol. The Labute approximate surface area is 294 Å². The lowest BCUT2D eigenvalue weighted by atomic mass is 9.97. The van der Waals surface area contributed by atoms with Gasteiger partial charge in [-0.1, -0.05) is 91.0 Å². The fraction of sp³-hybridized carbons (Fsp3) is 0. The molecule has 0 atom stereocenters. The summed E-state index contributed by atoms with van der Waals surface area (Å²) in [6.45, 7) is 0. The third-order valence-corrected chi connectivity index (χ3v) is 10.8. The number of thiophene rings is 1. The Kier molecular flexibility index (Phi) is 6.02. The fourth-order valence-corrected chi connectivity index (χ4v) is 8.41. The summed E-state index contributed by atoms with van der Waals surface area (Å²) in [5.41, 5.74) is 7.64. The molecule has 0 bridgehead atoms. The molecule has 0 N–H and O–H groups in total. The lowest BCUT2D eigenvalue weighted by molar-refractivity contribution is 0.667. The first-order chi connectivity index (χ1) is 25.2. The molecule has 0 fully saturated rings.